The van der Waals surface area contributed by atoms with E-state index < -0.39 is 18.3 Å². The van der Waals surface area contributed by atoms with Crippen LogP contribution in [-0.2, 0) is 16.1 Å². The van der Waals surface area contributed by atoms with E-state index in [0.717, 1.165) is 12.8 Å². The topological polar surface area (TPSA) is 71.3 Å². The molecule has 0 N–H and O–H groups in total. The Morgan fingerprint density at radius 1 is 1.27 bits per heavy atom. The molecule has 2 amide bonds. The van der Waals surface area contributed by atoms with E-state index in [4.69, 9.17) is 0 Å². The fraction of sp³-hybridized carbons (Fsp3) is 0.765. The number of piperidine rings is 2. The Kier molecular flexibility index (Phi) is 4.40. The molecule has 0 bridgehead atoms. The van der Waals surface area contributed by atoms with Crippen LogP contribution in [0, 0.1) is 5.92 Å². The molecule has 2 atom stereocenters. The van der Waals surface area contributed by atoms with Gasteiger partial charge in [-0.25, -0.2) is 0 Å². The van der Waals surface area contributed by atoms with Crippen molar-refractivity contribution in [1.29, 1.82) is 0 Å². The van der Waals surface area contributed by atoms with Crippen molar-refractivity contribution in [2.75, 3.05) is 13.1 Å². The molecule has 3 aliphatic rings. The first kappa shape index (κ1) is 17.4. The summed E-state index contributed by atoms with van der Waals surface area (Å²) in [5.41, 5.74) is 0. The van der Waals surface area contributed by atoms with Gasteiger partial charge in [0.1, 0.15) is 0 Å². The maximum absolute atomic E-state index is 14.4. The zero-order valence-electron chi connectivity index (χ0n) is 14.6. The molecule has 1 saturated carbocycles. The predicted octanol–water partition coefficient (Wildman–Crippen LogP) is 1.31. The molecule has 2 saturated heterocycles. The van der Waals surface area contributed by atoms with Gasteiger partial charge in [0.2, 0.25) is 5.91 Å². The van der Waals surface area contributed by atoms with Crippen molar-refractivity contribution < 1.29 is 18.4 Å². The molecule has 0 radical (unpaired) electrons. The highest BCUT2D eigenvalue weighted by Crippen LogP contribution is 2.39. The number of amides is 2. The van der Waals surface area contributed by atoms with Crippen LogP contribution in [0.25, 0.3) is 0 Å². The fourth-order valence-corrected chi connectivity index (χ4v) is 4.25. The Morgan fingerprint density at radius 2 is 2.08 bits per heavy atom. The molecule has 1 aromatic heterocycles. The summed E-state index contributed by atoms with van der Waals surface area (Å²) in [6.07, 6.45) is 6.14. The van der Waals surface area contributed by atoms with Gasteiger partial charge in [-0.2, -0.15) is 8.78 Å². The van der Waals surface area contributed by atoms with Crippen LogP contribution in [0.3, 0.4) is 0 Å². The van der Waals surface area contributed by atoms with Crippen molar-refractivity contribution in [2.45, 2.75) is 63.1 Å². The molecular formula is C17H23F2N5O2. The number of halogens is 2. The van der Waals surface area contributed by atoms with Gasteiger partial charge in [-0.3, -0.25) is 14.3 Å². The van der Waals surface area contributed by atoms with E-state index in [1.807, 2.05) is 4.90 Å². The predicted molar refractivity (Wildman–Crippen MR) is 87.2 cm³/mol. The van der Waals surface area contributed by atoms with Crippen LogP contribution in [0.4, 0.5) is 8.78 Å². The Labute approximate surface area is 150 Å². The molecule has 4 rings (SSSR count). The van der Waals surface area contributed by atoms with E-state index in [2.05, 4.69) is 10.3 Å². The summed E-state index contributed by atoms with van der Waals surface area (Å²) in [5.74, 6) is -4.23. The largest absolute Gasteiger partial charge is 0.337 e. The molecule has 2 unspecified atom stereocenters. The Morgan fingerprint density at radius 3 is 2.77 bits per heavy atom. The van der Waals surface area contributed by atoms with Gasteiger partial charge in [0.05, 0.1) is 6.20 Å². The Hall–Kier alpha value is -2.06. The number of carbonyl (C=O) groups excluding carboxylic acids is 2. The van der Waals surface area contributed by atoms with Crippen LogP contribution in [0.2, 0.25) is 0 Å². The van der Waals surface area contributed by atoms with Crippen LogP contribution in [0.1, 0.15) is 38.5 Å². The second-order valence-corrected chi connectivity index (χ2v) is 7.56. The molecular weight excluding hydrogens is 344 g/mol. The smallest absolute Gasteiger partial charge is 0.326 e. The van der Waals surface area contributed by atoms with Gasteiger partial charge in [0, 0.05) is 50.8 Å². The molecule has 1 aromatic rings. The number of fused-ring (bicyclic) bond motifs is 1. The lowest BCUT2D eigenvalue weighted by molar-refractivity contribution is -0.163. The summed E-state index contributed by atoms with van der Waals surface area (Å²) in [5, 5.41) is 7.23. The van der Waals surface area contributed by atoms with E-state index in [0.29, 0.717) is 31.8 Å². The number of carbonyl (C=O) groups is 2. The number of likely N-dealkylation sites (tertiary alicyclic amines) is 2. The van der Waals surface area contributed by atoms with Crippen LogP contribution in [-0.4, -0.2) is 67.7 Å². The molecule has 9 heteroatoms. The zero-order chi connectivity index (χ0) is 18.3. The van der Waals surface area contributed by atoms with Crippen molar-refractivity contribution in [3.05, 3.63) is 12.4 Å². The summed E-state index contributed by atoms with van der Waals surface area (Å²) in [4.78, 5) is 27.9. The lowest BCUT2D eigenvalue weighted by atomic mass is 9.83. The second-order valence-electron chi connectivity index (χ2n) is 7.56. The minimum atomic E-state index is -3.42. The molecule has 3 fully saturated rings. The lowest BCUT2D eigenvalue weighted by Gasteiger charge is -2.47. The van der Waals surface area contributed by atoms with Crippen LogP contribution >= 0.6 is 0 Å². The van der Waals surface area contributed by atoms with E-state index in [-0.39, 0.29) is 31.0 Å². The summed E-state index contributed by atoms with van der Waals surface area (Å²) in [6.45, 7) is 0.553. The van der Waals surface area contributed by atoms with Crippen molar-refractivity contribution in [2.24, 2.45) is 5.92 Å². The fourth-order valence-electron chi connectivity index (χ4n) is 4.25. The molecule has 26 heavy (non-hydrogen) atoms. The maximum atomic E-state index is 14.4. The minimum Gasteiger partial charge on any atom is -0.337 e. The van der Waals surface area contributed by atoms with Crippen LogP contribution < -0.4 is 0 Å². The van der Waals surface area contributed by atoms with E-state index in [1.54, 1.807) is 0 Å². The monoisotopic (exact) mass is 367 g/mol. The first-order valence-electron chi connectivity index (χ1n) is 9.28. The van der Waals surface area contributed by atoms with Gasteiger partial charge >= 0.3 is 5.92 Å². The number of rotatable bonds is 5. The summed E-state index contributed by atoms with van der Waals surface area (Å²) < 4.78 is 30.1. The van der Waals surface area contributed by atoms with Crippen molar-refractivity contribution in [3.8, 4) is 0 Å². The average Bonchev–Trinajstić information content (AvgIpc) is 3.32. The van der Waals surface area contributed by atoms with Crippen LogP contribution in [0.5, 0.6) is 0 Å². The number of hydrogen-bond acceptors (Lipinski definition) is 4. The van der Waals surface area contributed by atoms with Gasteiger partial charge in [-0.15, -0.1) is 5.10 Å². The third kappa shape index (κ3) is 3.31. The van der Waals surface area contributed by atoms with Crippen molar-refractivity contribution >= 4 is 11.8 Å². The third-order valence-electron chi connectivity index (χ3n) is 5.74. The summed E-state index contributed by atoms with van der Waals surface area (Å²) in [7, 11) is 0. The third-order valence-corrected chi connectivity index (χ3v) is 5.74. The lowest BCUT2D eigenvalue weighted by Crippen LogP contribution is -2.59. The number of aryl methyl sites for hydroxylation is 1. The Balaban J connectivity index is 1.38. The highest BCUT2D eigenvalue weighted by atomic mass is 19.3. The molecule has 3 heterocycles. The molecule has 7 nitrogen and oxygen atoms in total. The van der Waals surface area contributed by atoms with E-state index in [1.165, 1.54) is 22.0 Å². The normalized spacial score (nSPS) is 26.8. The number of aromatic nitrogens is 3. The minimum absolute atomic E-state index is 0.0530. The average molecular weight is 367 g/mol. The van der Waals surface area contributed by atoms with Gasteiger partial charge in [-0.1, -0.05) is 5.21 Å². The highest BCUT2D eigenvalue weighted by molar-refractivity contribution is 5.84. The number of hydrogen-bond donors (Lipinski definition) is 0. The molecule has 2 aliphatic heterocycles. The second kappa shape index (κ2) is 6.59. The van der Waals surface area contributed by atoms with Gasteiger partial charge < -0.3 is 9.80 Å². The van der Waals surface area contributed by atoms with E-state index >= 15 is 0 Å². The van der Waals surface area contributed by atoms with Crippen molar-refractivity contribution in [3.63, 3.8) is 0 Å². The van der Waals surface area contributed by atoms with Gasteiger partial charge in [0.25, 0.3) is 5.91 Å². The Bertz CT molecular complexity index is 677. The van der Waals surface area contributed by atoms with Gasteiger partial charge in [-0.05, 0) is 31.6 Å². The first-order chi connectivity index (χ1) is 12.5. The number of alkyl halides is 2. The first-order valence-corrected chi connectivity index (χ1v) is 9.28. The standard InChI is InChI=1S/C17H23F2N5O2/c18-17(19,6-9-23-10-7-20-21-23)16(26)22-8-5-14-12(11-22)1-4-15(25)24(14)13-2-3-13/h7,10,12-14H,1-6,8-9,11H2. The molecule has 0 aromatic carbocycles. The SMILES string of the molecule is O=C1CCC2CN(C(=O)C(F)(F)CCn3ccnn3)CCC2N1C1CC1. The summed E-state index contributed by atoms with van der Waals surface area (Å²) >= 11 is 0. The van der Waals surface area contributed by atoms with E-state index in [9.17, 15) is 18.4 Å². The quantitative estimate of drug-likeness (QED) is 0.787. The molecule has 0 spiro atoms. The molecule has 1 aliphatic carbocycles. The zero-order valence-corrected chi connectivity index (χ0v) is 14.6. The summed E-state index contributed by atoms with van der Waals surface area (Å²) in [6, 6.07) is 0.443. The number of nitrogens with zero attached hydrogens (tertiary/aromatic N) is 5. The highest BCUT2D eigenvalue weighted by Gasteiger charge is 2.49. The van der Waals surface area contributed by atoms with Crippen molar-refractivity contribution in [1.82, 2.24) is 24.8 Å². The maximum Gasteiger partial charge on any atom is 0.326 e. The molecule has 142 valence electrons. The van der Waals surface area contributed by atoms with Crippen LogP contribution in [0.15, 0.2) is 12.4 Å². The van der Waals surface area contributed by atoms with Gasteiger partial charge in [0.15, 0.2) is 0 Å².